The standard InChI is InChI=1S/C8H12.H2O/c1-2-4-6-8-7-5-3-1;/h1-4H,5-8H2;1H2. The third-order valence-corrected chi connectivity index (χ3v) is 1.37. The van der Waals surface area contributed by atoms with E-state index in [0.29, 0.717) is 0 Å². The predicted octanol–water partition coefficient (Wildman–Crippen LogP) is 1.85. The normalized spacial score (nSPS) is 17.8. The number of rotatable bonds is 0. The van der Waals surface area contributed by atoms with Gasteiger partial charge in [0, 0.05) is 0 Å². The van der Waals surface area contributed by atoms with Crippen molar-refractivity contribution < 1.29 is 5.48 Å². The highest BCUT2D eigenvalue weighted by Crippen LogP contribution is 2.04. The molecule has 0 aromatic heterocycles. The summed E-state index contributed by atoms with van der Waals surface area (Å²) in [7, 11) is 0. The molecule has 0 heterocycles. The molecule has 1 nitrogen and oxygen atoms in total. The highest BCUT2D eigenvalue weighted by atomic mass is 16.0. The maximum absolute atomic E-state index is 2.23. The summed E-state index contributed by atoms with van der Waals surface area (Å²) in [6, 6.07) is 0. The Morgan fingerprint density at radius 2 is 1.22 bits per heavy atom. The average molecular weight is 126 g/mol. The monoisotopic (exact) mass is 126 g/mol. The van der Waals surface area contributed by atoms with Crippen LogP contribution in [0.5, 0.6) is 0 Å². The molecule has 0 fully saturated rings. The summed E-state index contributed by atoms with van der Waals surface area (Å²) >= 11 is 0. The Hall–Kier alpha value is -0.560. The molecule has 0 spiro atoms. The van der Waals surface area contributed by atoms with Crippen LogP contribution in [0.4, 0.5) is 0 Å². The maximum Gasteiger partial charge on any atom is -0.0347 e. The van der Waals surface area contributed by atoms with Gasteiger partial charge in [-0.05, 0) is 25.7 Å². The third-order valence-electron chi connectivity index (χ3n) is 1.37. The second-order valence-corrected chi connectivity index (χ2v) is 2.14. The molecule has 2 N–H and O–H groups in total. The van der Waals surface area contributed by atoms with Crippen LogP contribution >= 0.6 is 0 Å². The van der Waals surface area contributed by atoms with Crippen LogP contribution in [0.25, 0.3) is 0 Å². The van der Waals surface area contributed by atoms with Crippen molar-refractivity contribution in [2.24, 2.45) is 0 Å². The Balaban J connectivity index is 0.000000640. The number of hydrogen-bond donors (Lipinski definition) is 0. The van der Waals surface area contributed by atoms with Crippen LogP contribution in [0.2, 0.25) is 0 Å². The van der Waals surface area contributed by atoms with E-state index in [4.69, 9.17) is 0 Å². The van der Waals surface area contributed by atoms with E-state index in [1.165, 1.54) is 25.7 Å². The first-order chi connectivity index (χ1) is 4.00. The fourth-order valence-electron chi connectivity index (χ4n) is 0.874. The van der Waals surface area contributed by atoms with E-state index in [-0.39, 0.29) is 5.48 Å². The van der Waals surface area contributed by atoms with Crippen molar-refractivity contribution in [2.75, 3.05) is 0 Å². The molecule has 0 aromatic rings. The molecule has 0 unspecified atom stereocenters. The van der Waals surface area contributed by atoms with Gasteiger partial charge in [-0.1, -0.05) is 24.3 Å². The lowest BCUT2D eigenvalue weighted by Crippen LogP contribution is -1.74. The topological polar surface area (TPSA) is 31.5 Å². The molecular formula is C8H14O. The van der Waals surface area contributed by atoms with Crippen LogP contribution in [0.3, 0.4) is 0 Å². The first kappa shape index (κ1) is 8.44. The maximum atomic E-state index is 2.23. The van der Waals surface area contributed by atoms with Crippen LogP contribution in [-0.2, 0) is 0 Å². The summed E-state index contributed by atoms with van der Waals surface area (Å²) in [6.45, 7) is 0. The Labute approximate surface area is 56.4 Å². The largest absolute Gasteiger partial charge is 0.412 e. The van der Waals surface area contributed by atoms with Crippen molar-refractivity contribution in [1.29, 1.82) is 0 Å². The lowest BCUT2D eigenvalue weighted by molar-refractivity contribution is 0.758. The van der Waals surface area contributed by atoms with E-state index in [2.05, 4.69) is 24.3 Å². The first-order valence-corrected chi connectivity index (χ1v) is 3.32. The third kappa shape index (κ3) is 3.98. The molecule has 0 saturated carbocycles. The summed E-state index contributed by atoms with van der Waals surface area (Å²) in [5.74, 6) is 0. The van der Waals surface area contributed by atoms with Gasteiger partial charge in [-0.2, -0.15) is 0 Å². The van der Waals surface area contributed by atoms with Gasteiger partial charge in [-0.25, -0.2) is 0 Å². The molecule has 0 aliphatic heterocycles. The fraction of sp³-hybridized carbons (Fsp3) is 0.500. The highest BCUT2D eigenvalue weighted by molar-refractivity contribution is 5.03. The van der Waals surface area contributed by atoms with Crippen LogP contribution in [0.15, 0.2) is 24.3 Å². The van der Waals surface area contributed by atoms with E-state index in [1.807, 2.05) is 0 Å². The molecule has 0 bridgehead atoms. The molecule has 1 heteroatoms. The molecule has 52 valence electrons. The van der Waals surface area contributed by atoms with Gasteiger partial charge in [0.15, 0.2) is 0 Å². The lowest BCUT2D eigenvalue weighted by atomic mass is 10.1. The molecule has 1 aliphatic rings. The summed E-state index contributed by atoms with van der Waals surface area (Å²) in [6.07, 6.45) is 14.0. The minimum absolute atomic E-state index is 0. The van der Waals surface area contributed by atoms with Gasteiger partial charge in [0.25, 0.3) is 0 Å². The van der Waals surface area contributed by atoms with Crippen molar-refractivity contribution in [3.63, 3.8) is 0 Å². The Bertz CT molecular complexity index is 89.1. The Morgan fingerprint density at radius 3 is 1.67 bits per heavy atom. The van der Waals surface area contributed by atoms with E-state index in [0.717, 1.165) is 0 Å². The van der Waals surface area contributed by atoms with Gasteiger partial charge in [-0.15, -0.1) is 0 Å². The van der Waals surface area contributed by atoms with Gasteiger partial charge in [-0.3, -0.25) is 0 Å². The molecule has 0 aromatic carbocycles. The van der Waals surface area contributed by atoms with Crippen molar-refractivity contribution in [3.8, 4) is 0 Å². The molecule has 1 rings (SSSR count). The molecule has 9 heavy (non-hydrogen) atoms. The zero-order chi connectivity index (χ0) is 5.66. The van der Waals surface area contributed by atoms with Crippen molar-refractivity contribution in [2.45, 2.75) is 25.7 Å². The van der Waals surface area contributed by atoms with E-state index in [1.54, 1.807) is 0 Å². The van der Waals surface area contributed by atoms with Gasteiger partial charge in [0.05, 0.1) is 0 Å². The SMILES string of the molecule is C1=CCCCCC=C1.O. The molecule has 0 amide bonds. The molecular weight excluding hydrogens is 112 g/mol. The van der Waals surface area contributed by atoms with Crippen LogP contribution in [-0.4, -0.2) is 5.48 Å². The predicted molar refractivity (Wildman–Crippen MR) is 40.4 cm³/mol. The summed E-state index contributed by atoms with van der Waals surface area (Å²) in [4.78, 5) is 0. The lowest BCUT2D eigenvalue weighted by Gasteiger charge is -1.94. The second kappa shape index (κ2) is 5.57. The highest BCUT2D eigenvalue weighted by Gasteiger charge is 1.84. The minimum Gasteiger partial charge on any atom is -0.412 e. The zero-order valence-corrected chi connectivity index (χ0v) is 5.64. The van der Waals surface area contributed by atoms with Crippen LogP contribution < -0.4 is 0 Å². The fourth-order valence-corrected chi connectivity index (χ4v) is 0.874. The second-order valence-electron chi connectivity index (χ2n) is 2.14. The number of hydrogen-bond acceptors (Lipinski definition) is 0. The minimum atomic E-state index is 0. The van der Waals surface area contributed by atoms with Gasteiger partial charge in [0.1, 0.15) is 0 Å². The van der Waals surface area contributed by atoms with Crippen LogP contribution in [0.1, 0.15) is 25.7 Å². The molecule has 0 radical (unpaired) electrons. The molecule has 0 saturated heterocycles. The Kier molecular flexibility index (Phi) is 5.23. The quantitative estimate of drug-likeness (QED) is 0.474. The Morgan fingerprint density at radius 1 is 0.778 bits per heavy atom. The zero-order valence-electron chi connectivity index (χ0n) is 5.64. The summed E-state index contributed by atoms with van der Waals surface area (Å²) < 4.78 is 0. The first-order valence-electron chi connectivity index (χ1n) is 3.32. The summed E-state index contributed by atoms with van der Waals surface area (Å²) in [5, 5.41) is 0. The van der Waals surface area contributed by atoms with Crippen molar-refractivity contribution in [3.05, 3.63) is 24.3 Å². The van der Waals surface area contributed by atoms with E-state index in [9.17, 15) is 0 Å². The summed E-state index contributed by atoms with van der Waals surface area (Å²) in [5.41, 5.74) is 0. The van der Waals surface area contributed by atoms with Crippen molar-refractivity contribution in [1.82, 2.24) is 0 Å². The van der Waals surface area contributed by atoms with E-state index >= 15 is 0 Å². The van der Waals surface area contributed by atoms with E-state index < -0.39 is 0 Å². The van der Waals surface area contributed by atoms with Gasteiger partial charge >= 0.3 is 0 Å². The van der Waals surface area contributed by atoms with Crippen LogP contribution in [0, 0.1) is 0 Å². The molecule has 1 aliphatic carbocycles. The number of allylic oxidation sites excluding steroid dienone is 4. The van der Waals surface area contributed by atoms with Crippen molar-refractivity contribution >= 4 is 0 Å². The molecule has 0 atom stereocenters. The van der Waals surface area contributed by atoms with Gasteiger partial charge < -0.3 is 5.48 Å². The average Bonchev–Trinajstić information content (AvgIpc) is 1.62. The smallest absolute Gasteiger partial charge is 0.0347 e. The van der Waals surface area contributed by atoms with Gasteiger partial charge in [0.2, 0.25) is 0 Å².